The van der Waals surface area contributed by atoms with E-state index < -0.39 is 0 Å². The highest BCUT2D eigenvalue weighted by Crippen LogP contribution is 2.39. The van der Waals surface area contributed by atoms with Gasteiger partial charge in [0.25, 0.3) is 0 Å². The summed E-state index contributed by atoms with van der Waals surface area (Å²) in [6, 6.07) is 22.6. The SMILES string of the molecule is CC(=O)N(Cc1nc2c(c(N3CCOc4ccc(-c5ccc6[nH]c(C)nc6c5)cc4C3)n1)CC(C)(C)CC2)c1ccccc1. The molecule has 0 fully saturated rings. The molecule has 1 amide bonds. The molecule has 1 aliphatic carbocycles. The van der Waals surface area contributed by atoms with E-state index in [4.69, 9.17) is 14.7 Å². The van der Waals surface area contributed by atoms with Crippen LogP contribution in [0.1, 0.15) is 55.7 Å². The average molecular weight is 587 g/mol. The maximum absolute atomic E-state index is 12.8. The number of rotatable bonds is 5. The van der Waals surface area contributed by atoms with Gasteiger partial charge in [-0.15, -0.1) is 0 Å². The standard InChI is InChI=1S/C36H38N6O2/c1-23-37-31-12-10-26(19-32(31)38-23)25-11-13-33-27(18-25)21-41(16-17-44-33)35-29-20-36(3,4)15-14-30(29)39-34(40-35)22-42(24(2)43)28-8-6-5-7-9-28/h5-13,18-19H,14-17,20-22H2,1-4H3,(H,37,38). The Bertz CT molecular complexity index is 1860. The summed E-state index contributed by atoms with van der Waals surface area (Å²) in [5.74, 6) is 3.41. The largest absolute Gasteiger partial charge is 0.491 e. The van der Waals surface area contributed by atoms with Gasteiger partial charge in [0, 0.05) is 36.0 Å². The molecule has 0 atom stereocenters. The summed E-state index contributed by atoms with van der Waals surface area (Å²) in [6.07, 6.45) is 2.89. The number of ether oxygens (including phenoxy) is 1. The molecule has 0 unspecified atom stereocenters. The quantitative estimate of drug-likeness (QED) is 0.244. The molecule has 7 rings (SSSR count). The van der Waals surface area contributed by atoms with Crippen LogP contribution in [0.2, 0.25) is 0 Å². The number of nitrogens with zero attached hydrogens (tertiary/aromatic N) is 5. The molecule has 2 aromatic heterocycles. The van der Waals surface area contributed by atoms with Gasteiger partial charge in [-0.25, -0.2) is 15.0 Å². The van der Waals surface area contributed by atoms with Gasteiger partial charge in [-0.2, -0.15) is 0 Å². The highest BCUT2D eigenvalue weighted by atomic mass is 16.5. The minimum atomic E-state index is -0.0342. The lowest BCUT2D eigenvalue weighted by molar-refractivity contribution is -0.116. The molecule has 5 aromatic rings. The number of H-pyrrole nitrogens is 1. The molecule has 8 nitrogen and oxygen atoms in total. The second kappa shape index (κ2) is 11.1. The monoisotopic (exact) mass is 586 g/mol. The van der Waals surface area contributed by atoms with Gasteiger partial charge < -0.3 is 19.5 Å². The Morgan fingerprint density at radius 2 is 1.82 bits per heavy atom. The van der Waals surface area contributed by atoms with E-state index in [9.17, 15) is 4.79 Å². The van der Waals surface area contributed by atoms with Crippen molar-refractivity contribution in [3.8, 4) is 16.9 Å². The number of aromatic amines is 1. The van der Waals surface area contributed by atoms with Gasteiger partial charge in [0.15, 0.2) is 5.82 Å². The first kappa shape index (κ1) is 28.1. The molecule has 224 valence electrons. The molecule has 0 bridgehead atoms. The number of amides is 1. The molecule has 1 N–H and O–H groups in total. The van der Waals surface area contributed by atoms with Gasteiger partial charge in [-0.3, -0.25) is 4.79 Å². The fourth-order valence-corrected chi connectivity index (χ4v) is 6.51. The number of benzene rings is 3. The van der Waals surface area contributed by atoms with Crippen LogP contribution in [-0.2, 0) is 30.7 Å². The predicted octanol–water partition coefficient (Wildman–Crippen LogP) is 6.80. The van der Waals surface area contributed by atoms with Crippen LogP contribution in [0.15, 0.2) is 66.7 Å². The first-order chi connectivity index (χ1) is 21.2. The summed E-state index contributed by atoms with van der Waals surface area (Å²) in [5.41, 5.74) is 8.71. The third-order valence-corrected chi connectivity index (χ3v) is 8.83. The van der Waals surface area contributed by atoms with Crippen molar-refractivity contribution in [2.75, 3.05) is 23.0 Å². The lowest BCUT2D eigenvalue weighted by atomic mass is 9.76. The van der Waals surface area contributed by atoms with Crippen molar-refractivity contribution in [3.63, 3.8) is 0 Å². The summed E-state index contributed by atoms with van der Waals surface area (Å²) < 4.78 is 6.28. The zero-order chi connectivity index (χ0) is 30.4. The Hall–Kier alpha value is -4.72. The Morgan fingerprint density at radius 1 is 1.02 bits per heavy atom. The number of fused-ring (bicyclic) bond motifs is 3. The summed E-state index contributed by atoms with van der Waals surface area (Å²) in [5, 5.41) is 0. The van der Waals surface area contributed by atoms with Crippen LogP contribution in [0.3, 0.4) is 0 Å². The van der Waals surface area contributed by atoms with Gasteiger partial charge in [0.1, 0.15) is 24.0 Å². The number of carbonyl (C=O) groups excluding carboxylic acids is 1. The Kier molecular flexibility index (Phi) is 7.07. The van der Waals surface area contributed by atoms with Crippen LogP contribution in [0, 0.1) is 12.3 Å². The fraction of sp³-hybridized carbons (Fsp3) is 0.333. The molecule has 0 spiro atoms. The molecule has 44 heavy (non-hydrogen) atoms. The number of aryl methyl sites for hydroxylation is 2. The second-order valence-electron chi connectivity index (χ2n) is 12.8. The van der Waals surface area contributed by atoms with E-state index in [0.717, 1.165) is 75.8 Å². The van der Waals surface area contributed by atoms with Gasteiger partial charge in [0.2, 0.25) is 5.91 Å². The molecule has 0 saturated carbocycles. The fourth-order valence-electron chi connectivity index (χ4n) is 6.51. The Morgan fingerprint density at radius 3 is 2.64 bits per heavy atom. The molecular formula is C36H38N6O2. The third-order valence-electron chi connectivity index (χ3n) is 8.83. The molecule has 3 aromatic carbocycles. The van der Waals surface area contributed by atoms with E-state index in [-0.39, 0.29) is 11.3 Å². The molecular weight excluding hydrogens is 548 g/mol. The molecule has 2 aliphatic rings. The summed E-state index contributed by atoms with van der Waals surface area (Å²) in [6.45, 7) is 10.5. The first-order valence-corrected chi connectivity index (χ1v) is 15.4. The number of carbonyl (C=O) groups is 1. The summed E-state index contributed by atoms with van der Waals surface area (Å²) in [4.78, 5) is 35.1. The van der Waals surface area contributed by atoms with E-state index in [1.54, 1.807) is 11.8 Å². The minimum absolute atomic E-state index is 0.0342. The lowest BCUT2D eigenvalue weighted by Crippen LogP contribution is -2.33. The first-order valence-electron chi connectivity index (χ1n) is 15.4. The molecule has 8 heteroatoms. The van der Waals surface area contributed by atoms with E-state index in [1.165, 1.54) is 5.56 Å². The van der Waals surface area contributed by atoms with E-state index >= 15 is 0 Å². The van der Waals surface area contributed by atoms with Gasteiger partial charge >= 0.3 is 0 Å². The highest BCUT2D eigenvalue weighted by molar-refractivity contribution is 5.91. The number of para-hydroxylation sites is 1. The molecule has 1 aliphatic heterocycles. The Balaban J connectivity index is 1.26. The van der Waals surface area contributed by atoms with E-state index in [0.29, 0.717) is 32.1 Å². The van der Waals surface area contributed by atoms with Gasteiger partial charge in [-0.05, 0) is 79.1 Å². The number of imidazole rings is 1. The van der Waals surface area contributed by atoms with E-state index in [1.807, 2.05) is 37.3 Å². The van der Waals surface area contributed by atoms with Crippen LogP contribution >= 0.6 is 0 Å². The normalized spacial score (nSPS) is 15.7. The molecule has 0 radical (unpaired) electrons. The van der Waals surface area contributed by atoms with Crippen molar-refractivity contribution in [2.24, 2.45) is 5.41 Å². The topological polar surface area (TPSA) is 87.2 Å². The van der Waals surface area contributed by atoms with Crippen molar-refractivity contribution in [1.82, 2.24) is 19.9 Å². The number of hydrogen-bond donors (Lipinski definition) is 1. The van der Waals surface area contributed by atoms with Crippen molar-refractivity contribution in [1.29, 1.82) is 0 Å². The number of aromatic nitrogens is 4. The second-order valence-corrected chi connectivity index (χ2v) is 12.8. The van der Waals surface area contributed by atoms with Gasteiger partial charge in [0.05, 0.1) is 24.1 Å². The number of hydrogen-bond acceptors (Lipinski definition) is 6. The van der Waals surface area contributed by atoms with E-state index in [2.05, 4.69) is 65.1 Å². The van der Waals surface area contributed by atoms with Crippen molar-refractivity contribution in [2.45, 2.75) is 60.0 Å². The number of nitrogens with one attached hydrogen (secondary N) is 1. The highest BCUT2D eigenvalue weighted by Gasteiger charge is 2.32. The predicted molar refractivity (Wildman–Crippen MR) is 174 cm³/mol. The zero-order valence-electron chi connectivity index (χ0n) is 25.9. The van der Waals surface area contributed by atoms with Crippen molar-refractivity contribution < 1.29 is 9.53 Å². The Labute approximate surface area is 258 Å². The molecule has 3 heterocycles. The van der Waals surface area contributed by atoms with Crippen LogP contribution in [-0.4, -0.2) is 39.0 Å². The van der Waals surface area contributed by atoms with Crippen molar-refractivity contribution in [3.05, 3.63) is 95.2 Å². The van der Waals surface area contributed by atoms with Gasteiger partial charge in [-0.1, -0.05) is 44.2 Å². The third kappa shape index (κ3) is 5.52. The summed E-state index contributed by atoms with van der Waals surface area (Å²) in [7, 11) is 0. The summed E-state index contributed by atoms with van der Waals surface area (Å²) >= 11 is 0. The maximum atomic E-state index is 12.8. The smallest absolute Gasteiger partial charge is 0.224 e. The lowest BCUT2D eigenvalue weighted by Gasteiger charge is -2.34. The zero-order valence-corrected chi connectivity index (χ0v) is 25.9. The van der Waals surface area contributed by atoms with Crippen LogP contribution < -0.4 is 14.5 Å². The van der Waals surface area contributed by atoms with Crippen LogP contribution in [0.4, 0.5) is 11.5 Å². The minimum Gasteiger partial charge on any atom is -0.491 e. The number of anilines is 2. The molecule has 0 saturated heterocycles. The van der Waals surface area contributed by atoms with Crippen molar-refractivity contribution >= 4 is 28.4 Å². The maximum Gasteiger partial charge on any atom is 0.224 e. The van der Waals surface area contributed by atoms with Crippen LogP contribution in [0.25, 0.3) is 22.2 Å². The average Bonchev–Trinajstić information content (AvgIpc) is 3.25. The van der Waals surface area contributed by atoms with Crippen LogP contribution in [0.5, 0.6) is 5.75 Å².